The summed E-state index contributed by atoms with van der Waals surface area (Å²) in [6.45, 7) is 6.52. The molecule has 1 aromatic rings. The van der Waals surface area contributed by atoms with E-state index in [9.17, 15) is 5.11 Å². The summed E-state index contributed by atoms with van der Waals surface area (Å²) in [4.78, 5) is 1.96. The van der Waals surface area contributed by atoms with Gasteiger partial charge in [-0.3, -0.25) is 0 Å². The van der Waals surface area contributed by atoms with Crippen LogP contribution in [0.2, 0.25) is 0 Å². The van der Waals surface area contributed by atoms with Crippen LogP contribution in [0.25, 0.3) is 0 Å². The zero-order chi connectivity index (χ0) is 13.0. The summed E-state index contributed by atoms with van der Waals surface area (Å²) in [6.07, 6.45) is 2.60. The molecule has 102 valence electrons. The SMILES string of the molecule is CCCNC(C)c1nnc(N2CCCC(O)C2)o1. The van der Waals surface area contributed by atoms with E-state index in [2.05, 4.69) is 22.4 Å². The molecule has 0 saturated carbocycles. The topological polar surface area (TPSA) is 74.4 Å². The first-order valence-electron chi connectivity index (χ1n) is 6.70. The lowest BCUT2D eigenvalue weighted by molar-refractivity contribution is 0.151. The number of piperidine rings is 1. The number of hydrogen-bond donors (Lipinski definition) is 2. The van der Waals surface area contributed by atoms with E-state index in [1.54, 1.807) is 0 Å². The van der Waals surface area contributed by atoms with Crippen molar-refractivity contribution in [3.05, 3.63) is 5.89 Å². The number of β-amino-alcohol motifs (C(OH)–C–C–N with tert-alkyl or cyclic N) is 1. The smallest absolute Gasteiger partial charge is 0.318 e. The minimum Gasteiger partial charge on any atom is -0.406 e. The Morgan fingerprint density at radius 1 is 1.56 bits per heavy atom. The fourth-order valence-electron chi connectivity index (χ4n) is 2.11. The Hall–Kier alpha value is -1.14. The molecule has 6 nitrogen and oxygen atoms in total. The van der Waals surface area contributed by atoms with Crippen molar-refractivity contribution in [3.63, 3.8) is 0 Å². The van der Waals surface area contributed by atoms with E-state index in [1.807, 2.05) is 11.8 Å². The standard InChI is InChI=1S/C12H22N4O2/c1-3-6-13-9(2)11-14-15-12(18-11)16-7-4-5-10(17)8-16/h9-10,13,17H,3-8H2,1-2H3. The Balaban J connectivity index is 1.96. The molecular formula is C12H22N4O2. The molecule has 1 aromatic heterocycles. The average Bonchev–Trinajstić information content (AvgIpc) is 2.85. The Morgan fingerprint density at radius 3 is 3.11 bits per heavy atom. The predicted molar refractivity (Wildman–Crippen MR) is 68.5 cm³/mol. The lowest BCUT2D eigenvalue weighted by Gasteiger charge is -2.28. The highest BCUT2D eigenvalue weighted by molar-refractivity contribution is 5.25. The number of rotatable bonds is 5. The third kappa shape index (κ3) is 3.20. The van der Waals surface area contributed by atoms with Gasteiger partial charge in [-0.2, -0.15) is 0 Å². The maximum absolute atomic E-state index is 9.63. The molecule has 0 radical (unpaired) electrons. The van der Waals surface area contributed by atoms with Crippen LogP contribution in [0.15, 0.2) is 4.42 Å². The molecule has 2 rings (SSSR count). The average molecular weight is 254 g/mol. The lowest BCUT2D eigenvalue weighted by Crippen LogP contribution is -2.38. The van der Waals surface area contributed by atoms with Crippen LogP contribution in [-0.2, 0) is 0 Å². The van der Waals surface area contributed by atoms with Gasteiger partial charge in [-0.15, -0.1) is 5.10 Å². The predicted octanol–water partition coefficient (Wildman–Crippen LogP) is 1.09. The van der Waals surface area contributed by atoms with Crippen LogP contribution in [0.5, 0.6) is 0 Å². The van der Waals surface area contributed by atoms with Crippen LogP contribution in [-0.4, -0.2) is 41.0 Å². The van der Waals surface area contributed by atoms with Crippen LogP contribution in [0.4, 0.5) is 6.01 Å². The van der Waals surface area contributed by atoms with Crippen molar-refractivity contribution in [2.45, 2.75) is 45.3 Å². The molecule has 0 spiro atoms. The first-order chi connectivity index (χ1) is 8.70. The zero-order valence-corrected chi connectivity index (χ0v) is 11.1. The van der Waals surface area contributed by atoms with Gasteiger partial charge in [-0.05, 0) is 32.7 Å². The van der Waals surface area contributed by atoms with Crippen LogP contribution >= 0.6 is 0 Å². The summed E-state index contributed by atoms with van der Waals surface area (Å²) in [5.41, 5.74) is 0. The number of hydrogen-bond acceptors (Lipinski definition) is 6. The van der Waals surface area contributed by atoms with Crippen LogP contribution in [0, 0.1) is 0 Å². The van der Waals surface area contributed by atoms with Crippen molar-refractivity contribution < 1.29 is 9.52 Å². The van der Waals surface area contributed by atoms with Gasteiger partial charge in [-0.1, -0.05) is 12.0 Å². The van der Waals surface area contributed by atoms with E-state index in [0.717, 1.165) is 32.4 Å². The van der Waals surface area contributed by atoms with E-state index in [4.69, 9.17) is 4.42 Å². The van der Waals surface area contributed by atoms with Crippen LogP contribution < -0.4 is 10.2 Å². The second-order valence-corrected chi connectivity index (χ2v) is 4.84. The Morgan fingerprint density at radius 2 is 2.39 bits per heavy atom. The number of anilines is 1. The molecule has 2 heterocycles. The molecule has 1 fully saturated rings. The van der Waals surface area contributed by atoms with Crippen LogP contribution in [0.3, 0.4) is 0 Å². The van der Waals surface area contributed by atoms with Gasteiger partial charge in [0.05, 0.1) is 12.1 Å². The van der Waals surface area contributed by atoms with Gasteiger partial charge in [0, 0.05) is 13.1 Å². The number of aliphatic hydroxyl groups excluding tert-OH is 1. The fourth-order valence-corrected chi connectivity index (χ4v) is 2.11. The molecule has 2 N–H and O–H groups in total. The molecule has 1 aliphatic heterocycles. The molecule has 6 heteroatoms. The third-order valence-corrected chi connectivity index (χ3v) is 3.17. The maximum atomic E-state index is 9.63. The normalized spacial score (nSPS) is 22.2. The largest absolute Gasteiger partial charge is 0.406 e. The van der Waals surface area contributed by atoms with E-state index in [-0.39, 0.29) is 12.1 Å². The number of nitrogens with one attached hydrogen (secondary N) is 1. The van der Waals surface area contributed by atoms with Crippen molar-refractivity contribution in [2.24, 2.45) is 0 Å². The second kappa shape index (κ2) is 6.15. The summed E-state index contributed by atoms with van der Waals surface area (Å²) in [5.74, 6) is 0.610. The number of nitrogens with zero attached hydrogens (tertiary/aromatic N) is 3. The Bertz CT molecular complexity index is 369. The van der Waals surface area contributed by atoms with E-state index < -0.39 is 0 Å². The number of aliphatic hydroxyl groups is 1. The summed E-state index contributed by atoms with van der Waals surface area (Å²) in [7, 11) is 0. The van der Waals surface area contributed by atoms with Crippen molar-refractivity contribution in [2.75, 3.05) is 24.5 Å². The van der Waals surface area contributed by atoms with Gasteiger partial charge < -0.3 is 19.7 Å². The Labute approximate surface area is 107 Å². The Kier molecular flexibility index (Phi) is 4.54. The lowest BCUT2D eigenvalue weighted by atomic mass is 10.1. The summed E-state index contributed by atoms with van der Waals surface area (Å²) in [5, 5.41) is 21.1. The van der Waals surface area contributed by atoms with Crippen molar-refractivity contribution >= 4 is 6.01 Å². The highest BCUT2D eigenvalue weighted by atomic mass is 16.4. The highest BCUT2D eigenvalue weighted by Gasteiger charge is 2.23. The maximum Gasteiger partial charge on any atom is 0.318 e. The number of aromatic nitrogens is 2. The van der Waals surface area contributed by atoms with Gasteiger partial charge in [0.1, 0.15) is 0 Å². The molecule has 2 atom stereocenters. The molecule has 0 aliphatic carbocycles. The quantitative estimate of drug-likeness (QED) is 0.819. The molecule has 2 unspecified atom stereocenters. The molecule has 0 bridgehead atoms. The van der Waals surface area contributed by atoms with Crippen molar-refractivity contribution in [1.29, 1.82) is 0 Å². The van der Waals surface area contributed by atoms with E-state index in [1.165, 1.54) is 0 Å². The van der Waals surface area contributed by atoms with Crippen molar-refractivity contribution in [3.8, 4) is 0 Å². The monoisotopic (exact) mass is 254 g/mol. The molecule has 18 heavy (non-hydrogen) atoms. The highest BCUT2D eigenvalue weighted by Crippen LogP contribution is 2.21. The van der Waals surface area contributed by atoms with Gasteiger partial charge >= 0.3 is 6.01 Å². The molecular weight excluding hydrogens is 232 g/mol. The van der Waals surface area contributed by atoms with Gasteiger partial charge in [0.2, 0.25) is 5.89 Å². The van der Waals surface area contributed by atoms with Gasteiger partial charge in [0.25, 0.3) is 0 Å². The van der Waals surface area contributed by atoms with Crippen LogP contribution in [0.1, 0.15) is 45.0 Å². The second-order valence-electron chi connectivity index (χ2n) is 4.84. The first kappa shape index (κ1) is 13.3. The molecule has 0 amide bonds. The first-order valence-corrected chi connectivity index (χ1v) is 6.70. The molecule has 1 aliphatic rings. The minimum absolute atomic E-state index is 0.0703. The van der Waals surface area contributed by atoms with Gasteiger partial charge in [0.15, 0.2) is 0 Å². The molecule has 1 saturated heterocycles. The van der Waals surface area contributed by atoms with Crippen molar-refractivity contribution in [1.82, 2.24) is 15.5 Å². The molecule has 0 aromatic carbocycles. The van der Waals surface area contributed by atoms with E-state index in [0.29, 0.717) is 18.5 Å². The zero-order valence-electron chi connectivity index (χ0n) is 11.1. The van der Waals surface area contributed by atoms with Gasteiger partial charge in [-0.25, -0.2) is 0 Å². The third-order valence-electron chi connectivity index (χ3n) is 3.17. The fraction of sp³-hybridized carbons (Fsp3) is 0.833. The summed E-state index contributed by atoms with van der Waals surface area (Å²) in [6, 6.07) is 0.592. The minimum atomic E-state index is -0.287. The summed E-state index contributed by atoms with van der Waals surface area (Å²) >= 11 is 0. The summed E-state index contributed by atoms with van der Waals surface area (Å²) < 4.78 is 5.66. The van der Waals surface area contributed by atoms with E-state index >= 15 is 0 Å².